The molecule has 0 radical (unpaired) electrons. The fraction of sp³-hybridized carbons (Fsp3) is 0.200. The molecule has 0 aliphatic heterocycles. The van der Waals surface area contributed by atoms with Crippen LogP contribution in [0.3, 0.4) is 0 Å². The molecular weight excluding hydrogens is 228 g/mol. The number of thiophene rings is 1. The summed E-state index contributed by atoms with van der Waals surface area (Å²) < 4.78 is 10.6. The second-order valence-electron chi connectivity index (χ2n) is 3.03. The van der Waals surface area contributed by atoms with Crippen molar-refractivity contribution in [3.63, 3.8) is 0 Å². The number of rotatable bonds is 2. The number of esters is 1. The summed E-state index contributed by atoms with van der Waals surface area (Å²) in [7, 11) is 2.83. The van der Waals surface area contributed by atoms with Gasteiger partial charge in [-0.1, -0.05) is 0 Å². The Balaban J connectivity index is 2.73. The summed E-state index contributed by atoms with van der Waals surface area (Å²) in [6, 6.07) is 1.78. The lowest BCUT2D eigenvalue weighted by atomic mass is 10.2. The third kappa shape index (κ3) is 1.47. The van der Waals surface area contributed by atoms with Crippen LogP contribution >= 0.6 is 11.3 Å². The number of nitrogen functional groups attached to an aromatic ring is 1. The van der Waals surface area contributed by atoms with E-state index in [1.165, 1.54) is 25.6 Å². The van der Waals surface area contributed by atoms with Crippen LogP contribution in [0.4, 0.5) is 5.69 Å². The van der Waals surface area contributed by atoms with Gasteiger partial charge in [-0.15, -0.1) is 11.3 Å². The molecule has 2 aromatic heterocycles. The molecule has 2 N–H and O–H groups in total. The quantitative estimate of drug-likeness (QED) is 0.805. The van der Waals surface area contributed by atoms with Crippen LogP contribution in [-0.2, 0) is 4.74 Å². The van der Waals surface area contributed by atoms with Crippen LogP contribution in [0.25, 0.3) is 10.1 Å². The van der Waals surface area contributed by atoms with E-state index in [9.17, 15) is 4.79 Å². The molecule has 0 unspecified atom stereocenters. The van der Waals surface area contributed by atoms with Gasteiger partial charge in [-0.3, -0.25) is 0 Å². The molecule has 2 aromatic rings. The van der Waals surface area contributed by atoms with Crippen molar-refractivity contribution < 1.29 is 14.3 Å². The number of hydrogen-bond donors (Lipinski definition) is 1. The molecule has 6 heteroatoms. The van der Waals surface area contributed by atoms with Crippen molar-refractivity contribution in [3.05, 3.63) is 17.1 Å². The van der Waals surface area contributed by atoms with Gasteiger partial charge in [0.1, 0.15) is 4.88 Å². The second-order valence-corrected chi connectivity index (χ2v) is 4.08. The minimum atomic E-state index is -0.444. The Bertz CT molecular complexity index is 550. The molecular formula is C10H10N2O3S. The summed E-state index contributed by atoms with van der Waals surface area (Å²) in [5.74, 6) is -0.0258. The summed E-state index contributed by atoms with van der Waals surface area (Å²) in [5.41, 5.74) is 6.24. The Hall–Kier alpha value is -1.82. The second kappa shape index (κ2) is 3.97. The third-order valence-electron chi connectivity index (χ3n) is 2.17. The highest BCUT2D eigenvalue weighted by Gasteiger charge is 2.19. The standard InChI is InChI=1S/C10H10N2O3S/c1-14-9-6-5(3-4-12-9)16-8(7(6)11)10(13)15-2/h3-4H,11H2,1-2H3. The van der Waals surface area contributed by atoms with Crippen molar-refractivity contribution in [3.8, 4) is 5.88 Å². The first-order valence-corrected chi connectivity index (χ1v) is 5.30. The van der Waals surface area contributed by atoms with Gasteiger partial charge < -0.3 is 15.2 Å². The molecule has 84 valence electrons. The van der Waals surface area contributed by atoms with Gasteiger partial charge in [0.25, 0.3) is 0 Å². The van der Waals surface area contributed by atoms with Crippen molar-refractivity contribution in [2.45, 2.75) is 0 Å². The molecule has 0 aliphatic carbocycles. The highest BCUT2D eigenvalue weighted by atomic mass is 32.1. The van der Waals surface area contributed by atoms with E-state index in [0.29, 0.717) is 21.8 Å². The number of carbonyl (C=O) groups is 1. The number of anilines is 1. The average Bonchev–Trinajstić information content (AvgIpc) is 2.66. The molecule has 0 fully saturated rings. The number of fused-ring (bicyclic) bond motifs is 1. The van der Waals surface area contributed by atoms with E-state index in [1.54, 1.807) is 12.3 Å². The lowest BCUT2D eigenvalue weighted by Gasteiger charge is -2.00. The molecule has 0 bridgehead atoms. The molecule has 5 nitrogen and oxygen atoms in total. The predicted molar refractivity (Wildman–Crippen MR) is 61.9 cm³/mol. The molecule has 0 aliphatic rings. The Morgan fingerprint density at radius 2 is 2.25 bits per heavy atom. The van der Waals surface area contributed by atoms with Gasteiger partial charge in [-0.05, 0) is 6.07 Å². The maximum Gasteiger partial charge on any atom is 0.350 e. The SMILES string of the molecule is COC(=O)c1sc2ccnc(OC)c2c1N. The number of nitrogens with two attached hydrogens (primary N) is 1. The topological polar surface area (TPSA) is 74.4 Å². The number of carbonyl (C=O) groups excluding carboxylic acids is 1. The van der Waals surface area contributed by atoms with Gasteiger partial charge in [0.2, 0.25) is 5.88 Å². The van der Waals surface area contributed by atoms with E-state index in [2.05, 4.69) is 9.72 Å². The first kappa shape index (κ1) is 10.7. The van der Waals surface area contributed by atoms with Crippen LogP contribution in [-0.4, -0.2) is 25.2 Å². The highest BCUT2D eigenvalue weighted by molar-refractivity contribution is 7.21. The van der Waals surface area contributed by atoms with Crippen LogP contribution in [0.2, 0.25) is 0 Å². The fourth-order valence-electron chi connectivity index (χ4n) is 1.44. The Labute approximate surface area is 95.8 Å². The molecule has 0 saturated carbocycles. The van der Waals surface area contributed by atoms with E-state index in [1.807, 2.05) is 0 Å². The number of hydrogen-bond acceptors (Lipinski definition) is 6. The molecule has 0 saturated heterocycles. The number of nitrogens with zero attached hydrogens (tertiary/aromatic N) is 1. The van der Waals surface area contributed by atoms with E-state index in [4.69, 9.17) is 10.5 Å². The molecule has 0 aromatic carbocycles. The monoisotopic (exact) mass is 238 g/mol. The van der Waals surface area contributed by atoms with E-state index >= 15 is 0 Å². The Morgan fingerprint density at radius 3 is 2.88 bits per heavy atom. The minimum Gasteiger partial charge on any atom is -0.480 e. The van der Waals surface area contributed by atoms with Crippen LogP contribution in [0.5, 0.6) is 5.88 Å². The Morgan fingerprint density at radius 1 is 1.50 bits per heavy atom. The largest absolute Gasteiger partial charge is 0.480 e. The predicted octanol–water partition coefficient (Wildman–Crippen LogP) is 1.67. The first-order chi connectivity index (χ1) is 7.69. The van der Waals surface area contributed by atoms with E-state index in [0.717, 1.165) is 4.70 Å². The van der Waals surface area contributed by atoms with Crippen molar-refractivity contribution in [1.29, 1.82) is 0 Å². The summed E-state index contributed by atoms with van der Waals surface area (Å²) in [5, 5.41) is 0.662. The van der Waals surface area contributed by atoms with Crippen molar-refractivity contribution in [2.75, 3.05) is 20.0 Å². The summed E-state index contributed by atoms with van der Waals surface area (Å²) in [4.78, 5) is 15.9. The average molecular weight is 238 g/mol. The third-order valence-corrected chi connectivity index (χ3v) is 3.32. The maximum absolute atomic E-state index is 11.5. The van der Waals surface area contributed by atoms with Crippen molar-refractivity contribution in [1.82, 2.24) is 4.98 Å². The zero-order valence-electron chi connectivity index (χ0n) is 8.81. The molecule has 16 heavy (non-hydrogen) atoms. The van der Waals surface area contributed by atoms with Gasteiger partial charge in [0.05, 0.1) is 25.3 Å². The number of aromatic nitrogens is 1. The zero-order chi connectivity index (χ0) is 11.7. The van der Waals surface area contributed by atoms with Gasteiger partial charge in [-0.25, -0.2) is 9.78 Å². The fourth-order valence-corrected chi connectivity index (χ4v) is 2.46. The lowest BCUT2D eigenvalue weighted by molar-refractivity contribution is 0.0607. The summed E-state index contributed by atoms with van der Waals surface area (Å²) in [6.07, 6.45) is 1.61. The minimum absolute atomic E-state index is 0.358. The van der Waals surface area contributed by atoms with Crippen LogP contribution in [0.15, 0.2) is 12.3 Å². The molecule has 0 amide bonds. The van der Waals surface area contributed by atoms with Crippen LogP contribution < -0.4 is 10.5 Å². The van der Waals surface area contributed by atoms with Gasteiger partial charge in [-0.2, -0.15) is 0 Å². The van der Waals surface area contributed by atoms with Gasteiger partial charge in [0, 0.05) is 10.9 Å². The highest BCUT2D eigenvalue weighted by Crippen LogP contribution is 2.38. The van der Waals surface area contributed by atoms with E-state index < -0.39 is 5.97 Å². The molecule has 2 heterocycles. The van der Waals surface area contributed by atoms with Crippen LogP contribution in [0.1, 0.15) is 9.67 Å². The number of pyridine rings is 1. The Kier molecular flexibility index (Phi) is 2.66. The zero-order valence-corrected chi connectivity index (χ0v) is 9.63. The van der Waals surface area contributed by atoms with E-state index in [-0.39, 0.29) is 0 Å². The molecule has 0 spiro atoms. The van der Waals surface area contributed by atoms with Crippen molar-refractivity contribution >= 4 is 33.1 Å². The smallest absolute Gasteiger partial charge is 0.350 e. The lowest BCUT2D eigenvalue weighted by Crippen LogP contribution is -2.01. The summed E-state index contributed by atoms with van der Waals surface area (Å²) >= 11 is 1.27. The normalized spacial score (nSPS) is 10.4. The molecule has 2 rings (SSSR count). The van der Waals surface area contributed by atoms with Gasteiger partial charge >= 0.3 is 5.97 Å². The van der Waals surface area contributed by atoms with Crippen molar-refractivity contribution in [2.24, 2.45) is 0 Å². The maximum atomic E-state index is 11.5. The van der Waals surface area contributed by atoms with Gasteiger partial charge in [0.15, 0.2) is 0 Å². The van der Waals surface area contributed by atoms with Crippen LogP contribution in [0, 0.1) is 0 Å². The first-order valence-electron chi connectivity index (χ1n) is 4.48. The number of ether oxygens (including phenoxy) is 2. The molecule has 0 atom stereocenters. The number of methoxy groups -OCH3 is 2. The summed E-state index contributed by atoms with van der Waals surface area (Å²) in [6.45, 7) is 0.